The first-order valence-corrected chi connectivity index (χ1v) is 8.14. The summed E-state index contributed by atoms with van der Waals surface area (Å²) in [4.78, 5) is 4.07. The third kappa shape index (κ3) is 3.96. The van der Waals surface area contributed by atoms with Crippen molar-refractivity contribution in [2.45, 2.75) is 6.54 Å². The van der Waals surface area contributed by atoms with Gasteiger partial charge in [-0.25, -0.2) is 0 Å². The molecule has 2 aromatic carbocycles. The van der Waals surface area contributed by atoms with E-state index < -0.39 is 0 Å². The van der Waals surface area contributed by atoms with Gasteiger partial charge in [-0.05, 0) is 24.3 Å². The van der Waals surface area contributed by atoms with Crippen molar-refractivity contribution in [2.24, 2.45) is 0 Å². The third-order valence-electron chi connectivity index (χ3n) is 4.46. The summed E-state index contributed by atoms with van der Waals surface area (Å²) in [5.74, 6) is 1.73. The molecular formula is C19H25N2O2+. The molecular weight excluding hydrogens is 288 g/mol. The molecule has 0 aromatic heterocycles. The minimum Gasteiger partial charge on any atom is -0.497 e. The maximum absolute atomic E-state index is 5.36. The Morgan fingerprint density at radius 3 is 2.09 bits per heavy atom. The minimum absolute atomic E-state index is 0.863. The van der Waals surface area contributed by atoms with Crippen molar-refractivity contribution in [1.82, 2.24) is 0 Å². The summed E-state index contributed by atoms with van der Waals surface area (Å²) in [7, 11) is 3.40. The predicted molar refractivity (Wildman–Crippen MR) is 92.6 cm³/mol. The fraction of sp³-hybridized carbons (Fsp3) is 0.368. The summed E-state index contributed by atoms with van der Waals surface area (Å²) in [5, 5.41) is 0. The van der Waals surface area contributed by atoms with Gasteiger partial charge in [-0.1, -0.05) is 18.2 Å². The van der Waals surface area contributed by atoms with E-state index in [1.807, 2.05) is 6.07 Å². The number of ether oxygens (including phenoxy) is 2. The van der Waals surface area contributed by atoms with Gasteiger partial charge in [0.1, 0.15) is 18.0 Å². The minimum atomic E-state index is 0.863. The molecule has 122 valence electrons. The standard InChI is InChI=1S/C19H24N2O2/c1-22-18-12-16(13-19(14-18)23-2)15-20-8-10-21(11-9-20)17-6-4-3-5-7-17/h3-7,12-14H,8-11,15H2,1-2H3/p+1. The third-order valence-corrected chi connectivity index (χ3v) is 4.46. The van der Waals surface area contributed by atoms with E-state index in [9.17, 15) is 0 Å². The van der Waals surface area contributed by atoms with Crippen LogP contribution in [0.2, 0.25) is 0 Å². The van der Waals surface area contributed by atoms with Gasteiger partial charge >= 0.3 is 0 Å². The Hall–Kier alpha value is -2.20. The number of piperazine rings is 1. The van der Waals surface area contributed by atoms with E-state index in [0.717, 1.165) is 44.2 Å². The highest BCUT2D eigenvalue weighted by Crippen LogP contribution is 2.22. The van der Waals surface area contributed by atoms with Crippen LogP contribution >= 0.6 is 0 Å². The highest BCUT2D eigenvalue weighted by atomic mass is 16.5. The molecule has 1 heterocycles. The number of nitrogens with one attached hydrogen (secondary N) is 1. The molecule has 4 heteroatoms. The highest BCUT2D eigenvalue weighted by Gasteiger charge is 2.20. The van der Waals surface area contributed by atoms with E-state index in [-0.39, 0.29) is 0 Å². The van der Waals surface area contributed by atoms with Gasteiger partial charge in [-0.15, -0.1) is 0 Å². The van der Waals surface area contributed by atoms with Crippen LogP contribution in [-0.2, 0) is 6.54 Å². The van der Waals surface area contributed by atoms with E-state index in [1.54, 1.807) is 19.1 Å². The second-order valence-corrected chi connectivity index (χ2v) is 5.97. The number of rotatable bonds is 5. The van der Waals surface area contributed by atoms with Crippen LogP contribution in [0.4, 0.5) is 5.69 Å². The molecule has 0 spiro atoms. The molecule has 2 aromatic rings. The lowest BCUT2D eigenvalue weighted by Gasteiger charge is -2.33. The van der Waals surface area contributed by atoms with E-state index in [1.165, 1.54) is 11.3 Å². The molecule has 1 N–H and O–H groups in total. The molecule has 0 atom stereocenters. The van der Waals surface area contributed by atoms with Crippen molar-refractivity contribution in [3.8, 4) is 11.5 Å². The Balaban J connectivity index is 1.60. The fourth-order valence-corrected chi connectivity index (χ4v) is 3.15. The SMILES string of the molecule is COc1cc(C[NH+]2CCN(c3ccccc3)CC2)cc(OC)c1. The second-order valence-electron chi connectivity index (χ2n) is 5.97. The molecule has 0 aliphatic carbocycles. The molecule has 0 amide bonds. The molecule has 1 aliphatic rings. The number of quaternary nitrogens is 1. The topological polar surface area (TPSA) is 26.1 Å². The molecule has 0 bridgehead atoms. The van der Waals surface area contributed by atoms with Crippen molar-refractivity contribution in [3.63, 3.8) is 0 Å². The molecule has 0 unspecified atom stereocenters. The van der Waals surface area contributed by atoms with Gasteiger partial charge in [0.25, 0.3) is 0 Å². The predicted octanol–water partition coefficient (Wildman–Crippen LogP) is 1.61. The van der Waals surface area contributed by atoms with Crippen LogP contribution in [0.15, 0.2) is 48.5 Å². The summed E-state index contributed by atoms with van der Waals surface area (Å²) in [6.45, 7) is 5.50. The van der Waals surface area contributed by atoms with E-state index >= 15 is 0 Å². The summed E-state index contributed by atoms with van der Waals surface area (Å²) in [6.07, 6.45) is 0. The molecule has 1 fully saturated rings. The molecule has 3 rings (SSSR count). The first kappa shape index (κ1) is 15.7. The van der Waals surface area contributed by atoms with Gasteiger partial charge in [0.05, 0.1) is 40.4 Å². The summed E-state index contributed by atoms with van der Waals surface area (Å²) >= 11 is 0. The molecule has 4 nitrogen and oxygen atoms in total. The lowest BCUT2D eigenvalue weighted by atomic mass is 10.1. The lowest BCUT2D eigenvalue weighted by Crippen LogP contribution is -3.13. The second kappa shape index (κ2) is 7.38. The van der Waals surface area contributed by atoms with Crippen LogP contribution in [0.25, 0.3) is 0 Å². The van der Waals surface area contributed by atoms with Crippen molar-refractivity contribution in [1.29, 1.82) is 0 Å². The average Bonchev–Trinajstić information content (AvgIpc) is 2.62. The summed E-state index contributed by atoms with van der Waals surface area (Å²) in [5.41, 5.74) is 2.60. The molecule has 0 radical (unpaired) electrons. The number of methoxy groups -OCH3 is 2. The molecule has 0 saturated carbocycles. The quantitative estimate of drug-likeness (QED) is 0.908. The zero-order valence-electron chi connectivity index (χ0n) is 13.9. The van der Waals surface area contributed by atoms with E-state index in [0.29, 0.717) is 0 Å². The zero-order chi connectivity index (χ0) is 16.1. The van der Waals surface area contributed by atoms with Gasteiger partial charge < -0.3 is 19.3 Å². The Labute approximate surface area is 138 Å². The normalized spacial score (nSPS) is 15.5. The van der Waals surface area contributed by atoms with Gasteiger partial charge in [0.2, 0.25) is 0 Å². The summed E-state index contributed by atoms with van der Waals surface area (Å²) < 4.78 is 10.7. The Morgan fingerprint density at radius 1 is 0.913 bits per heavy atom. The van der Waals surface area contributed by atoms with Crippen molar-refractivity contribution < 1.29 is 14.4 Å². The van der Waals surface area contributed by atoms with Gasteiger partial charge in [-0.3, -0.25) is 0 Å². The van der Waals surface area contributed by atoms with E-state index in [2.05, 4.69) is 47.4 Å². The number of benzene rings is 2. The molecule has 1 saturated heterocycles. The summed E-state index contributed by atoms with van der Waals surface area (Å²) in [6, 6.07) is 16.8. The number of nitrogens with zero attached hydrogens (tertiary/aromatic N) is 1. The van der Waals surface area contributed by atoms with Crippen LogP contribution in [-0.4, -0.2) is 40.4 Å². The Morgan fingerprint density at radius 2 is 1.52 bits per heavy atom. The maximum Gasteiger partial charge on any atom is 0.123 e. The van der Waals surface area contributed by atoms with Crippen LogP contribution in [0.5, 0.6) is 11.5 Å². The zero-order valence-corrected chi connectivity index (χ0v) is 13.9. The van der Waals surface area contributed by atoms with Crippen LogP contribution in [0.3, 0.4) is 0 Å². The first-order valence-electron chi connectivity index (χ1n) is 8.14. The number of para-hydroxylation sites is 1. The van der Waals surface area contributed by atoms with Crippen LogP contribution in [0, 0.1) is 0 Å². The van der Waals surface area contributed by atoms with Gasteiger partial charge in [0.15, 0.2) is 0 Å². The largest absolute Gasteiger partial charge is 0.497 e. The van der Waals surface area contributed by atoms with Crippen LogP contribution in [0.1, 0.15) is 5.56 Å². The molecule has 1 aliphatic heterocycles. The van der Waals surface area contributed by atoms with E-state index in [4.69, 9.17) is 9.47 Å². The number of hydrogen-bond donors (Lipinski definition) is 1. The lowest BCUT2D eigenvalue weighted by molar-refractivity contribution is -0.914. The Bertz CT molecular complexity index is 600. The van der Waals surface area contributed by atoms with Crippen molar-refractivity contribution in [2.75, 3.05) is 45.3 Å². The van der Waals surface area contributed by atoms with Gasteiger partial charge in [-0.2, -0.15) is 0 Å². The smallest absolute Gasteiger partial charge is 0.123 e. The monoisotopic (exact) mass is 313 g/mol. The molecule has 23 heavy (non-hydrogen) atoms. The van der Waals surface area contributed by atoms with Gasteiger partial charge in [0, 0.05) is 17.3 Å². The maximum atomic E-state index is 5.36. The highest BCUT2D eigenvalue weighted by molar-refractivity contribution is 5.46. The fourth-order valence-electron chi connectivity index (χ4n) is 3.15. The number of anilines is 1. The average molecular weight is 313 g/mol. The van der Waals surface area contributed by atoms with Crippen molar-refractivity contribution >= 4 is 5.69 Å². The first-order chi connectivity index (χ1) is 11.3. The number of hydrogen-bond acceptors (Lipinski definition) is 3. The van der Waals surface area contributed by atoms with Crippen molar-refractivity contribution in [3.05, 3.63) is 54.1 Å². The Kier molecular flexibility index (Phi) is 5.03. The van der Waals surface area contributed by atoms with Crippen LogP contribution < -0.4 is 19.3 Å².